The van der Waals surface area contributed by atoms with Gasteiger partial charge in [-0.3, -0.25) is 0 Å². The second kappa shape index (κ2) is 11.6. The summed E-state index contributed by atoms with van der Waals surface area (Å²) in [7, 11) is 0. The van der Waals surface area contributed by atoms with E-state index in [0.717, 1.165) is 65.5 Å². The molecule has 2 rings (SSSR count). The van der Waals surface area contributed by atoms with E-state index < -0.39 is 0 Å². The fraction of sp³-hybridized carbons (Fsp3) is 0.429. The molecule has 0 saturated carbocycles. The Morgan fingerprint density at radius 2 is 1.81 bits per heavy atom. The number of nitrogens with zero attached hydrogens (tertiary/aromatic N) is 1. The Morgan fingerprint density at radius 3 is 2.50 bits per heavy atom. The molecule has 3 nitrogen and oxygen atoms in total. The van der Waals surface area contributed by atoms with Crippen LogP contribution in [0.4, 0.5) is 0 Å². The maximum absolute atomic E-state index is 6.04. The Labute approximate surface area is 170 Å². The Kier molecular flexibility index (Phi) is 9.48. The first-order valence-corrected chi connectivity index (χ1v) is 10.4. The van der Waals surface area contributed by atoms with Gasteiger partial charge in [0.25, 0.3) is 0 Å². The van der Waals surface area contributed by atoms with Crippen molar-refractivity contribution in [3.63, 3.8) is 0 Å². The monoisotopic (exact) mass is 438 g/mol. The normalized spacial score (nSPS) is 11.1. The van der Waals surface area contributed by atoms with Gasteiger partial charge in [-0.1, -0.05) is 53.5 Å². The molecular formula is C21H28BrClN2O. The zero-order valence-corrected chi connectivity index (χ0v) is 17.9. The summed E-state index contributed by atoms with van der Waals surface area (Å²) in [6.07, 6.45) is 1.15. The Hall–Kier alpha value is -1.07. The van der Waals surface area contributed by atoms with E-state index in [1.807, 2.05) is 36.4 Å². The largest absolute Gasteiger partial charge is 0.489 e. The SMILES string of the molecule is CCN(CC)CCCNCc1cc(Br)ccc1OCc1ccc(Cl)cc1. The number of halogens is 2. The highest BCUT2D eigenvalue weighted by atomic mass is 79.9. The zero-order valence-electron chi connectivity index (χ0n) is 15.6. The summed E-state index contributed by atoms with van der Waals surface area (Å²) in [6, 6.07) is 13.9. The molecule has 26 heavy (non-hydrogen) atoms. The third kappa shape index (κ3) is 7.28. The van der Waals surface area contributed by atoms with Crippen LogP contribution in [0.1, 0.15) is 31.4 Å². The van der Waals surface area contributed by atoms with E-state index in [0.29, 0.717) is 6.61 Å². The molecule has 0 bridgehead atoms. The Bertz CT molecular complexity index is 660. The lowest BCUT2D eigenvalue weighted by Crippen LogP contribution is -2.27. The zero-order chi connectivity index (χ0) is 18.8. The van der Waals surface area contributed by atoms with Gasteiger partial charge in [0.2, 0.25) is 0 Å². The van der Waals surface area contributed by atoms with Crippen molar-refractivity contribution in [2.24, 2.45) is 0 Å². The minimum absolute atomic E-state index is 0.535. The summed E-state index contributed by atoms with van der Waals surface area (Å²) in [6.45, 7) is 10.1. The van der Waals surface area contributed by atoms with Gasteiger partial charge in [0.15, 0.2) is 0 Å². The van der Waals surface area contributed by atoms with Gasteiger partial charge in [-0.25, -0.2) is 0 Å². The van der Waals surface area contributed by atoms with Crippen LogP contribution in [0.3, 0.4) is 0 Å². The van der Waals surface area contributed by atoms with Gasteiger partial charge in [-0.15, -0.1) is 0 Å². The molecule has 1 N–H and O–H groups in total. The van der Waals surface area contributed by atoms with Crippen LogP contribution >= 0.6 is 27.5 Å². The highest BCUT2D eigenvalue weighted by Gasteiger charge is 2.06. The minimum atomic E-state index is 0.535. The first-order chi connectivity index (χ1) is 12.6. The molecule has 0 unspecified atom stereocenters. The van der Waals surface area contributed by atoms with Crippen molar-refractivity contribution in [1.29, 1.82) is 0 Å². The van der Waals surface area contributed by atoms with Crippen LogP contribution in [0, 0.1) is 0 Å². The summed E-state index contributed by atoms with van der Waals surface area (Å²) in [4.78, 5) is 2.45. The van der Waals surface area contributed by atoms with Crippen LogP contribution in [0.15, 0.2) is 46.9 Å². The molecule has 0 radical (unpaired) electrons. The van der Waals surface area contributed by atoms with E-state index in [1.54, 1.807) is 0 Å². The van der Waals surface area contributed by atoms with Gasteiger partial charge < -0.3 is 15.0 Å². The van der Waals surface area contributed by atoms with Crippen LogP contribution in [0.25, 0.3) is 0 Å². The second-order valence-corrected chi connectivity index (χ2v) is 7.58. The van der Waals surface area contributed by atoms with Gasteiger partial charge in [0.1, 0.15) is 12.4 Å². The molecule has 0 atom stereocenters. The summed E-state index contributed by atoms with van der Waals surface area (Å²) >= 11 is 9.49. The third-order valence-electron chi connectivity index (χ3n) is 4.37. The number of nitrogens with one attached hydrogen (secondary N) is 1. The van der Waals surface area contributed by atoms with E-state index in [9.17, 15) is 0 Å². The lowest BCUT2D eigenvalue weighted by Gasteiger charge is -2.18. The topological polar surface area (TPSA) is 24.5 Å². The lowest BCUT2D eigenvalue weighted by atomic mass is 10.2. The standard InChI is InChI=1S/C21H28BrClN2O/c1-3-25(4-2)13-5-12-24-15-18-14-19(22)8-11-21(18)26-16-17-6-9-20(23)10-7-17/h6-11,14,24H,3-5,12-13,15-16H2,1-2H3. The molecule has 5 heteroatoms. The molecule has 2 aromatic rings. The summed E-state index contributed by atoms with van der Waals surface area (Å²) < 4.78 is 7.10. The van der Waals surface area contributed by atoms with E-state index in [2.05, 4.69) is 46.1 Å². The highest BCUT2D eigenvalue weighted by molar-refractivity contribution is 9.10. The molecule has 0 aromatic heterocycles. The van der Waals surface area contributed by atoms with Gasteiger partial charge in [-0.2, -0.15) is 0 Å². The van der Waals surface area contributed by atoms with Crippen molar-refractivity contribution in [3.05, 3.63) is 63.1 Å². The Balaban J connectivity index is 1.85. The molecule has 0 spiro atoms. The van der Waals surface area contributed by atoms with E-state index in [-0.39, 0.29) is 0 Å². The van der Waals surface area contributed by atoms with Crippen molar-refractivity contribution >= 4 is 27.5 Å². The minimum Gasteiger partial charge on any atom is -0.489 e. The fourth-order valence-electron chi connectivity index (χ4n) is 2.76. The van der Waals surface area contributed by atoms with Crippen molar-refractivity contribution in [3.8, 4) is 5.75 Å². The number of hydrogen-bond acceptors (Lipinski definition) is 3. The van der Waals surface area contributed by atoms with Crippen LogP contribution < -0.4 is 10.1 Å². The molecule has 0 aliphatic rings. The average Bonchev–Trinajstić information content (AvgIpc) is 2.65. The molecule has 0 saturated heterocycles. The number of rotatable bonds is 11. The maximum atomic E-state index is 6.04. The number of hydrogen-bond donors (Lipinski definition) is 1. The first kappa shape index (κ1) is 21.2. The first-order valence-electron chi connectivity index (χ1n) is 9.21. The highest BCUT2D eigenvalue weighted by Crippen LogP contribution is 2.24. The predicted octanol–water partition coefficient (Wildman–Crippen LogP) is 5.50. The van der Waals surface area contributed by atoms with Gasteiger partial charge >= 0.3 is 0 Å². The summed E-state index contributed by atoms with van der Waals surface area (Å²) in [5.74, 6) is 0.916. The maximum Gasteiger partial charge on any atom is 0.124 e. The molecule has 0 heterocycles. The van der Waals surface area contributed by atoms with Crippen molar-refractivity contribution in [1.82, 2.24) is 10.2 Å². The molecule has 0 aliphatic carbocycles. The lowest BCUT2D eigenvalue weighted by molar-refractivity contribution is 0.295. The molecule has 0 aliphatic heterocycles. The molecule has 0 fully saturated rings. The smallest absolute Gasteiger partial charge is 0.124 e. The number of benzene rings is 2. The molecule has 142 valence electrons. The van der Waals surface area contributed by atoms with E-state index in [1.165, 1.54) is 0 Å². The van der Waals surface area contributed by atoms with Crippen LogP contribution in [0.2, 0.25) is 5.02 Å². The van der Waals surface area contributed by atoms with Crippen molar-refractivity contribution < 1.29 is 4.74 Å². The van der Waals surface area contributed by atoms with Crippen molar-refractivity contribution in [2.75, 3.05) is 26.2 Å². The summed E-state index contributed by atoms with van der Waals surface area (Å²) in [5.41, 5.74) is 2.27. The van der Waals surface area contributed by atoms with Gasteiger partial charge in [0, 0.05) is 21.6 Å². The van der Waals surface area contributed by atoms with E-state index >= 15 is 0 Å². The van der Waals surface area contributed by atoms with Crippen molar-refractivity contribution in [2.45, 2.75) is 33.4 Å². The molecular weight excluding hydrogens is 412 g/mol. The molecule has 0 amide bonds. The Morgan fingerprint density at radius 1 is 1.08 bits per heavy atom. The quantitative estimate of drug-likeness (QED) is 0.468. The van der Waals surface area contributed by atoms with Crippen LogP contribution in [-0.4, -0.2) is 31.1 Å². The predicted molar refractivity (Wildman–Crippen MR) is 114 cm³/mol. The fourth-order valence-corrected chi connectivity index (χ4v) is 3.29. The molecule has 2 aromatic carbocycles. The van der Waals surface area contributed by atoms with Crippen LogP contribution in [-0.2, 0) is 13.2 Å². The van der Waals surface area contributed by atoms with Crippen LogP contribution in [0.5, 0.6) is 5.75 Å². The second-order valence-electron chi connectivity index (χ2n) is 6.22. The summed E-state index contributed by atoms with van der Waals surface area (Å²) in [5, 5.41) is 4.28. The van der Waals surface area contributed by atoms with E-state index in [4.69, 9.17) is 16.3 Å². The average molecular weight is 440 g/mol. The number of ether oxygens (including phenoxy) is 1. The van der Waals surface area contributed by atoms with Gasteiger partial charge in [0.05, 0.1) is 0 Å². The third-order valence-corrected chi connectivity index (χ3v) is 5.11. The van der Waals surface area contributed by atoms with Gasteiger partial charge in [-0.05, 0) is 68.5 Å².